The van der Waals surface area contributed by atoms with Crippen LogP contribution in [0.1, 0.15) is 17.3 Å². The van der Waals surface area contributed by atoms with Gasteiger partial charge >= 0.3 is 0 Å². The average molecular weight is 309 g/mol. The lowest BCUT2D eigenvalue weighted by molar-refractivity contribution is -0.384. The van der Waals surface area contributed by atoms with E-state index in [4.69, 9.17) is 11.6 Å². The summed E-state index contributed by atoms with van der Waals surface area (Å²) in [6.07, 6.45) is 5.07. The van der Waals surface area contributed by atoms with Crippen LogP contribution in [0.3, 0.4) is 0 Å². The van der Waals surface area contributed by atoms with Crippen molar-refractivity contribution in [3.8, 4) is 0 Å². The van der Waals surface area contributed by atoms with Crippen molar-refractivity contribution in [1.29, 1.82) is 0 Å². The summed E-state index contributed by atoms with van der Waals surface area (Å²) >= 11 is 5.91. The molecule has 1 N–H and O–H groups in total. The highest BCUT2D eigenvalue weighted by Gasteiger charge is 2.20. The first-order valence-corrected chi connectivity index (χ1v) is 6.56. The Kier molecular flexibility index (Phi) is 4.54. The molecule has 0 saturated carbocycles. The number of carbonyl (C=O) groups excluding carboxylic acids is 1. The zero-order valence-corrected chi connectivity index (χ0v) is 11.9. The first kappa shape index (κ1) is 15.0. The molecule has 0 bridgehead atoms. The molecule has 0 radical (unpaired) electrons. The van der Waals surface area contributed by atoms with Crippen LogP contribution in [-0.4, -0.2) is 26.4 Å². The summed E-state index contributed by atoms with van der Waals surface area (Å²) in [7, 11) is 0. The minimum absolute atomic E-state index is 0.0864. The number of nitro groups is 1. The Hall–Kier alpha value is -2.41. The van der Waals surface area contributed by atoms with Gasteiger partial charge in [-0.15, -0.1) is 0 Å². The first-order chi connectivity index (χ1) is 9.99. The molecule has 1 amide bonds. The van der Waals surface area contributed by atoms with Crippen LogP contribution < -0.4 is 5.32 Å². The summed E-state index contributed by atoms with van der Waals surface area (Å²) in [5.74, 6) is -0.448. The van der Waals surface area contributed by atoms with Crippen LogP contribution >= 0.6 is 11.6 Å². The molecular weight excluding hydrogens is 296 g/mol. The molecule has 1 atom stereocenters. The van der Waals surface area contributed by atoms with Crippen molar-refractivity contribution in [2.75, 3.05) is 0 Å². The van der Waals surface area contributed by atoms with E-state index in [9.17, 15) is 14.9 Å². The van der Waals surface area contributed by atoms with Gasteiger partial charge in [-0.2, -0.15) is 0 Å². The SMILES string of the molecule is CC(Cn1ccnc1)NC(=O)c1cccc([N+](=O)[O-])c1Cl. The summed E-state index contributed by atoms with van der Waals surface area (Å²) in [5, 5.41) is 13.4. The highest BCUT2D eigenvalue weighted by atomic mass is 35.5. The van der Waals surface area contributed by atoms with E-state index in [2.05, 4.69) is 10.3 Å². The number of hydrogen-bond acceptors (Lipinski definition) is 4. The Balaban J connectivity index is 2.10. The van der Waals surface area contributed by atoms with Gasteiger partial charge in [0.2, 0.25) is 0 Å². The predicted molar refractivity (Wildman–Crippen MR) is 77.3 cm³/mol. The quantitative estimate of drug-likeness (QED) is 0.677. The van der Waals surface area contributed by atoms with Crippen molar-refractivity contribution in [2.24, 2.45) is 0 Å². The second-order valence-corrected chi connectivity index (χ2v) is 4.91. The van der Waals surface area contributed by atoms with Gasteiger partial charge in [0, 0.05) is 31.0 Å². The third-order valence-electron chi connectivity index (χ3n) is 2.84. The average Bonchev–Trinajstić information content (AvgIpc) is 2.91. The highest BCUT2D eigenvalue weighted by Crippen LogP contribution is 2.27. The third-order valence-corrected chi connectivity index (χ3v) is 3.24. The van der Waals surface area contributed by atoms with E-state index >= 15 is 0 Å². The first-order valence-electron chi connectivity index (χ1n) is 6.18. The zero-order chi connectivity index (χ0) is 15.4. The van der Waals surface area contributed by atoms with Crippen LogP contribution in [0.4, 0.5) is 5.69 Å². The number of rotatable bonds is 5. The van der Waals surface area contributed by atoms with E-state index in [1.807, 2.05) is 11.5 Å². The smallest absolute Gasteiger partial charge is 0.288 e. The number of halogens is 1. The van der Waals surface area contributed by atoms with Gasteiger partial charge in [-0.25, -0.2) is 4.98 Å². The predicted octanol–water partition coefficient (Wildman–Crippen LogP) is 2.26. The van der Waals surface area contributed by atoms with Crippen LogP contribution in [0.2, 0.25) is 5.02 Å². The summed E-state index contributed by atoms with van der Waals surface area (Å²) in [6.45, 7) is 2.36. The van der Waals surface area contributed by atoms with Gasteiger partial charge in [-0.1, -0.05) is 17.7 Å². The molecule has 0 aliphatic heterocycles. The molecule has 0 saturated heterocycles. The molecule has 1 aromatic heterocycles. The maximum atomic E-state index is 12.1. The van der Waals surface area contributed by atoms with Gasteiger partial charge in [0.25, 0.3) is 11.6 Å². The van der Waals surface area contributed by atoms with E-state index in [1.54, 1.807) is 18.7 Å². The molecule has 1 unspecified atom stereocenters. The van der Waals surface area contributed by atoms with Gasteiger partial charge in [-0.05, 0) is 13.0 Å². The van der Waals surface area contributed by atoms with Crippen molar-refractivity contribution in [3.05, 3.63) is 57.6 Å². The van der Waals surface area contributed by atoms with Crippen LogP contribution in [0, 0.1) is 10.1 Å². The standard InChI is InChI=1S/C13H13ClN4O3/c1-9(7-17-6-5-15-8-17)16-13(19)10-3-2-4-11(12(10)14)18(20)21/h2-6,8-9H,7H2,1H3,(H,16,19). The lowest BCUT2D eigenvalue weighted by Crippen LogP contribution is -2.35. The number of benzene rings is 1. The molecular formula is C13H13ClN4O3. The maximum Gasteiger partial charge on any atom is 0.288 e. The number of nitrogens with one attached hydrogen (secondary N) is 1. The Labute approximate surface area is 125 Å². The van der Waals surface area contributed by atoms with E-state index in [-0.39, 0.29) is 22.3 Å². The molecule has 1 heterocycles. The zero-order valence-electron chi connectivity index (χ0n) is 11.2. The number of imidazole rings is 1. The summed E-state index contributed by atoms with van der Waals surface area (Å²) in [4.78, 5) is 26.2. The fraction of sp³-hybridized carbons (Fsp3) is 0.231. The van der Waals surface area contributed by atoms with Crippen LogP contribution in [0.15, 0.2) is 36.9 Å². The van der Waals surface area contributed by atoms with Crippen molar-refractivity contribution in [2.45, 2.75) is 19.5 Å². The second kappa shape index (κ2) is 6.36. The van der Waals surface area contributed by atoms with Crippen LogP contribution in [0.5, 0.6) is 0 Å². The Morgan fingerprint density at radius 1 is 1.57 bits per heavy atom. The fourth-order valence-electron chi connectivity index (χ4n) is 1.89. The Bertz CT molecular complexity index is 657. The van der Waals surface area contributed by atoms with Crippen molar-refractivity contribution in [1.82, 2.24) is 14.9 Å². The fourth-order valence-corrected chi connectivity index (χ4v) is 2.18. The Morgan fingerprint density at radius 2 is 2.33 bits per heavy atom. The molecule has 0 aliphatic carbocycles. The van der Waals surface area contributed by atoms with E-state index in [0.717, 1.165) is 0 Å². The molecule has 0 spiro atoms. The molecule has 0 fully saturated rings. The molecule has 110 valence electrons. The van der Waals surface area contributed by atoms with Crippen LogP contribution in [-0.2, 0) is 6.54 Å². The summed E-state index contributed by atoms with van der Waals surface area (Å²) in [6, 6.07) is 3.96. The number of carbonyl (C=O) groups is 1. The van der Waals surface area contributed by atoms with Gasteiger partial charge in [0.1, 0.15) is 5.02 Å². The topological polar surface area (TPSA) is 90.1 Å². The molecule has 1 aromatic carbocycles. The monoisotopic (exact) mass is 308 g/mol. The number of aromatic nitrogens is 2. The van der Waals surface area contributed by atoms with Gasteiger partial charge in [0.05, 0.1) is 16.8 Å². The second-order valence-electron chi connectivity index (χ2n) is 4.53. The van der Waals surface area contributed by atoms with Crippen molar-refractivity contribution >= 4 is 23.2 Å². The van der Waals surface area contributed by atoms with Gasteiger partial charge < -0.3 is 9.88 Å². The summed E-state index contributed by atoms with van der Waals surface area (Å²) in [5.41, 5.74) is -0.199. The lowest BCUT2D eigenvalue weighted by Gasteiger charge is -2.15. The minimum Gasteiger partial charge on any atom is -0.348 e. The van der Waals surface area contributed by atoms with E-state index in [1.165, 1.54) is 18.2 Å². The molecule has 2 rings (SSSR count). The third kappa shape index (κ3) is 3.57. The molecule has 8 heteroatoms. The molecule has 2 aromatic rings. The molecule has 0 aliphatic rings. The molecule has 21 heavy (non-hydrogen) atoms. The van der Waals surface area contributed by atoms with Crippen molar-refractivity contribution < 1.29 is 9.72 Å². The number of nitrogens with zero attached hydrogens (tertiary/aromatic N) is 3. The minimum atomic E-state index is -0.617. The van der Waals surface area contributed by atoms with Gasteiger partial charge in [-0.3, -0.25) is 14.9 Å². The summed E-state index contributed by atoms with van der Waals surface area (Å²) < 4.78 is 1.82. The number of amides is 1. The molecule has 7 nitrogen and oxygen atoms in total. The van der Waals surface area contributed by atoms with E-state index in [0.29, 0.717) is 6.54 Å². The van der Waals surface area contributed by atoms with Crippen molar-refractivity contribution in [3.63, 3.8) is 0 Å². The largest absolute Gasteiger partial charge is 0.348 e. The normalized spacial score (nSPS) is 11.9. The highest BCUT2D eigenvalue weighted by molar-refractivity contribution is 6.35. The van der Waals surface area contributed by atoms with Crippen LogP contribution in [0.25, 0.3) is 0 Å². The number of nitro benzene ring substituents is 1. The maximum absolute atomic E-state index is 12.1. The van der Waals surface area contributed by atoms with Gasteiger partial charge in [0.15, 0.2) is 0 Å². The van der Waals surface area contributed by atoms with E-state index < -0.39 is 10.8 Å². The lowest BCUT2D eigenvalue weighted by atomic mass is 10.1. The number of hydrogen-bond donors (Lipinski definition) is 1. The Morgan fingerprint density at radius 3 is 2.95 bits per heavy atom.